The third-order valence-electron chi connectivity index (χ3n) is 5.39. The van der Waals surface area contributed by atoms with Crippen molar-refractivity contribution in [2.24, 2.45) is 0 Å². The van der Waals surface area contributed by atoms with Gasteiger partial charge >= 0.3 is 6.18 Å². The molecular weight excluding hydrogens is 438 g/mol. The van der Waals surface area contributed by atoms with Crippen LogP contribution in [0.4, 0.5) is 23.2 Å². The third-order valence-corrected chi connectivity index (χ3v) is 5.39. The van der Waals surface area contributed by atoms with Gasteiger partial charge in [-0.3, -0.25) is 14.5 Å². The number of Topliss-reactive ketones (excluding diaryl/α,β-unsaturated/α-hetero) is 1. The summed E-state index contributed by atoms with van der Waals surface area (Å²) >= 11 is 0. The zero-order chi connectivity index (χ0) is 23.9. The maximum atomic E-state index is 14.0. The van der Waals surface area contributed by atoms with E-state index in [9.17, 15) is 32.3 Å². The highest BCUT2D eigenvalue weighted by atomic mass is 19.4. The van der Waals surface area contributed by atoms with Crippen molar-refractivity contribution in [2.45, 2.75) is 19.1 Å². The number of carbonyl (C=O) groups is 2. The van der Waals surface area contributed by atoms with Crippen LogP contribution in [0.1, 0.15) is 28.3 Å². The number of rotatable bonds is 3. The lowest BCUT2D eigenvalue weighted by molar-refractivity contribution is -0.137. The number of carbonyl (C=O) groups excluding carboxylic acids is 2. The number of aryl methyl sites for hydroxylation is 1. The molecule has 0 radical (unpaired) electrons. The second kappa shape index (κ2) is 8.20. The Balaban J connectivity index is 1.95. The molecule has 8 heteroatoms. The van der Waals surface area contributed by atoms with E-state index in [2.05, 4.69) is 0 Å². The van der Waals surface area contributed by atoms with E-state index in [0.717, 1.165) is 40.8 Å². The molecule has 1 aliphatic rings. The normalized spacial score (nSPS) is 18.1. The zero-order valence-corrected chi connectivity index (χ0v) is 17.2. The molecule has 3 aromatic rings. The molecule has 1 amide bonds. The zero-order valence-electron chi connectivity index (χ0n) is 17.2. The molecule has 1 atom stereocenters. The molecule has 0 unspecified atom stereocenters. The molecule has 0 spiro atoms. The second-order valence-corrected chi connectivity index (χ2v) is 7.64. The monoisotopic (exact) mass is 455 g/mol. The van der Waals surface area contributed by atoms with Crippen LogP contribution < -0.4 is 4.90 Å². The smallest absolute Gasteiger partial charge is 0.416 e. The van der Waals surface area contributed by atoms with Gasteiger partial charge in [-0.2, -0.15) is 13.2 Å². The second-order valence-electron chi connectivity index (χ2n) is 7.64. The summed E-state index contributed by atoms with van der Waals surface area (Å²) in [4.78, 5) is 26.8. The molecule has 1 saturated heterocycles. The molecule has 1 N–H and O–H groups in total. The summed E-state index contributed by atoms with van der Waals surface area (Å²) < 4.78 is 53.9. The molecule has 0 aromatic heterocycles. The van der Waals surface area contributed by atoms with Gasteiger partial charge in [-0.05, 0) is 42.8 Å². The van der Waals surface area contributed by atoms with Gasteiger partial charge in [0.15, 0.2) is 0 Å². The van der Waals surface area contributed by atoms with Gasteiger partial charge in [0.25, 0.3) is 11.7 Å². The third kappa shape index (κ3) is 4.11. The Hall–Kier alpha value is -3.94. The van der Waals surface area contributed by atoms with E-state index in [1.165, 1.54) is 18.2 Å². The van der Waals surface area contributed by atoms with E-state index < -0.39 is 41.0 Å². The summed E-state index contributed by atoms with van der Waals surface area (Å²) in [5.74, 6) is -3.38. The summed E-state index contributed by atoms with van der Waals surface area (Å²) in [5.41, 5.74) is -0.309. The number of benzene rings is 3. The van der Waals surface area contributed by atoms with Gasteiger partial charge in [0, 0.05) is 11.3 Å². The first-order valence-electron chi connectivity index (χ1n) is 9.88. The minimum absolute atomic E-state index is 0.125. The Morgan fingerprint density at radius 3 is 2.24 bits per heavy atom. The number of halogens is 4. The summed E-state index contributed by atoms with van der Waals surface area (Å²) in [6.45, 7) is 1.82. The molecule has 0 aliphatic carbocycles. The number of aliphatic hydroxyl groups excluding tert-OH is 1. The number of aliphatic hydroxyl groups is 1. The number of amides is 1. The lowest BCUT2D eigenvalue weighted by Gasteiger charge is -2.26. The van der Waals surface area contributed by atoms with Gasteiger partial charge in [0.1, 0.15) is 11.6 Å². The highest BCUT2D eigenvalue weighted by Gasteiger charge is 2.47. The highest BCUT2D eigenvalue weighted by molar-refractivity contribution is 6.51. The van der Waals surface area contributed by atoms with Crippen molar-refractivity contribution in [1.29, 1.82) is 0 Å². The topological polar surface area (TPSA) is 57.6 Å². The van der Waals surface area contributed by atoms with Crippen LogP contribution in [0.3, 0.4) is 0 Å². The molecule has 33 heavy (non-hydrogen) atoms. The Bertz CT molecular complexity index is 1280. The van der Waals surface area contributed by atoms with Crippen molar-refractivity contribution < 1.29 is 32.3 Å². The van der Waals surface area contributed by atoms with Crippen LogP contribution >= 0.6 is 0 Å². The predicted octanol–water partition coefficient (Wildman–Crippen LogP) is 5.78. The molecule has 0 bridgehead atoms. The molecule has 4 rings (SSSR count). The molecule has 3 aromatic carbocycles. The van der Waals surface area contributed by atoms with Gasteiger partial charge in [-0.15, -0.1) is 0 Å². The Morgan fingerprint density at radius 2 is 1.61 bits per heavy atom. The summed E-state index contributed by atoms with van der Waals surface area (Å²) in [5, 5.41) is 11.0. The van der Waals surface area contributed by atoms with E-state index in [4.69, 9.17) is 0 Å². The van der Waals surface area contributed by atoms with Crippen molar-refractivity contribution in [2.75, 3.05) is 4.90 Å². The van der Waals surface area contributed by atoms with Crippen molar-refractivity contribution in [3.63, 3.8) is 0 Å². The van der Waals surface area contributed by atoms with Crippen molar-refractivity contribution in [3.8, 4) is 0 Å². The average Bonchev–Trinajstić information content (AvgIpc) is 3.04. The van der Waals surface area contributed by atoms with Crippen LogP contribution in [-0.4, -0.2) is 16.8 Å². The SMILES string of the molecule is Cc1ccc(C(O)=C2C(=O)C(=O)N(c3cccc(C(F)(F)F)c3)[C@@H]2c2cccc(F)c2)cc1. The first-order valence-corrected chi connectivity index (χ1v) is 9.88. The first kappa shape index (κ1) is 22.3. The van der Waals surface area contributed by atoms with Gasteiger partial charge in [0.2, 0.25) is 0 Å². The van der Waals surface area contributed by atoms with Crippen LogP contribution in [0.5, 0.6) is 0 Å². The van der Waals surface area contributed by atoms with E-state index in [1.807, 2.05) is 6.92 Å². The Labute approximate surface area is 186 Å². The van der Waals surface area contributed by atoms with Crippen LogP contribution in [0.2, 0.25) is 0 Å². The summed E-state index contributed by atoms with van der Waals surface area (Å²) in [6, 6.07) is 14.1. The molecule has 4 nitrogen and oxygen atoms in total. The van der Waals surface area contributed by atoms with Gasteiger partial charge < -0.3 is 5.11 Å². The number of nitrogens with zero attached hydrogens (tertiary/aromatic N) is 1. The molecule has 168 valence electrons. The summed E-state index contributed by atoms with van der Waals surface area (Å²) in [7, 11) is 0. The van der Waals surface area contributed by atoms with Crippen molar-refractivity contribution in [1.82, 2.24) is 0 Å². The first-order chi connectivity index (χ1) is 15.6. The molecule has 1 aliphatic heterocycles. The lowest BCUT2D eigenvalue weighted by atomic mass is 9.94. The number of alkyl halides is 3. The fourth-order valence-electron chi connectivity index (χ4n) is 3.79. The summed E-state index contributed by atoms with van der Waals surface area (Å²) in [6.07, 6.45) is -4.68. The maximum absolute atomic E-state index is 14.0. The van der Waals surface area contributed by atoms with Gasteiger partial charge in [-0.25, -0.2) is 4.39 Å². The number of hydrogen-bond acceptors (Lipinski definition) is 3. The Morgan fingerprint density at radius 1 is 0.939 bits per heavy atom. The van der Waals surface area contributed by atoms with Crippen LogP contribution in [-0.2, 0) is 15.8 Å². The molecule has 0 saturated carbocycles. The minimum atomic E-state index is -4.68. The quantitative estimate of drug-likeness (QED) is 0.236. The predicted molar refractivity (Wildman–Crippen MR) is 114 cm³/mol. The fourth-order valence-corrected chi connectivity index (χ4v) is 3.79. The largest absolute Gasteiger partial charge is 0.507 e. The molecule has 1 fully saturated rings. The average molecular weight is 455 g/mol. The fraction of sp³-hybridized carbons (Fsp3) is 0.120. The lowest BCUT2D eigenvalue weighted by Crippen LogP contribution is -2.29. The molecule has 1 heterocycles. The van der Waals surface area contributed by atoms with E-state index in [0.29, 0.717) is 0 Å². The van der Waals surface area contributed by atoms with Gasteiger partial charge in [-0.1, -0.05) is 48.0 Å². The van der Waals surface area contributed by atoms with Crippen molar-refractivity contribution >= 4 is 23.1 Å². The van der Waals surface area contributed by atoms with E-state index in [-0.39, 0.29) is 22.4 Å². The highest BCUT2D eigenvalue weighted by Crippen LogP contribution is 2.43. The van der Waals surface area contributed by atoms with Crippen LogP contribution in [0.15, 0.2) is 78.4 Å². The number of hydrogen-bond donors (Lipinski definition) is 1. The van der Waals surface area contributed by atoms with Crippen LogP contribution in [0, 0.1) is 12.7 Å². The van der Waals surface area contributed by atoms with E-state index in [1.54, 1.807) is 24.3 Å². The van der Waals surface area contributed by atoms with E-state index >= 15 is 0 Å². The molecular formula is C25H17F4NO3. The van der Waals surface area contributed by atoms with Gasteiger partial charge in [0.05, 0.1) is 17.2 Å². The number of anilines is 1. The maximum Gasteiger partial charge on any atom is 0.416 e. The van der Waals surface area contributed by atoms with Crippen LogP contribution in [0.25, 0.3) is 5.76 Å². The van der Waals surface area contributed by atoms with Crippen molar-refractivity contribution in [3.05, 3.63) is 106 Å². The minimum Gasteiger partial charge on any atom is -0.507 e. The number of ketones is 1. The Kier molecular flexibility index (Phi) is 5.53. The standard InChI is InChI=1S/C25H17F4NO3/c1-14-8-10-15(11-9-14)22(31)20-21(16-4-2-6-18(26)12-16)30(24(33)23(20)32)19-7-3-5-17(13-19)25(27,28)29/h2-13,21,31H,1H3/t21-/m1/s1.